The number of aromatic nitrogens is 1. The summed E-state index contributed by atoms with van der Waals surface area (Å²) >= 11 is 0. The normalized spacial score (nSPS) is 11.4. The average Bonchev–Trinajstić information content (AvgIpc) is 2.92. The molecule has 0 saturated carbocycles. The molecule has 3 aromatic rings. The van der Waals surface area contributed by atoms with Gasteiger partial charge in [0, 0.05) is 6.07 Å². The van der Waals surface area contributed by atoms with Gasteiger partial charge in [-0.1, -0.05) is 12.1 Å². The second-order valence-corrected chi connectivity index (χ2v) is 6.92. The fourth-order valence-electron chi connectivity index (χ4n) is 2.44. The van der Waals surface area contributed by atoms with E-state index in [1.807, 2.05) is 0 Å². The number of oxazole rings is 1. The van der Waals surface area contributed by atoms with Crippen molar-refractivity contribution in [3.8, 4) is 0 Å². The summed E-state index contributed by atoms with van der Waals surface area (Å²) in [6.45, 7) is 1.59. The third-order valence-electron chi connectivity index (χ3n) is 3.58. The van der Waals surface area contributed by atoms with Gasteiger partial charge in [0.05, 0.1) is 28.8 Å². The van der Waals surface area contributed by atoms with E-state index in [2.05, 4.69) is 14.4 Å². The van der Waals surface area contributed by atoms with E-state index >= 15 is 0 Å². The first-order valence-electron chi connectivity index (χ1n) is 7.15. The Labute approximate surface area is 142 Å². The molecule has 0 aliphatic rings. The number of esters is 1. The molecule has 0 bridgehead atoms. The molecule has 3 rings (SSSR count). The Bertz CT molecular complexity index is 1130. The van der Waals surface area contributed by atoms with Crippen molar-refractivity contribution in [2.75, 3.05) is 11.8 Å². The summed E-state index contributed by atoms with van der Waals surface area (Å²) in [5, 5.41) is 0. The van der Waals surface area contributed by atoms with Gasteiger partial charge in [-0.2, -0.15) is 0 Å². The summed E-state index contributed by atoms with van der Waals surface area (Å²) in [5.74, 6) is -1.34. The van der Waals surface area contributed by atoms with Gasteiger partial charge in [0.25, 0.3) is 10.0 Å². The van der Waals surface area contributed by atoms with Crippen LogP contribution in [0, 0.1) is 6.92 Å². The molecule has 0 unspecified atom stereocenters. The highest BCUT2D eigenvalue weighted by molar-refractivity contribution is 7.92. The molecule has 0 aliphatic carbocycles. The number of carbonyl (C=O) groups excluding carboxylic acids is 1. The Kier molecular flexibility index (Phi) is 4.09. The maximum atomic E-state index is 12.7. The number of aromatic amines is 1. The van der Waals surface area contributed by atoms with E-state index in [0.29, 0.717) is 11.1 Å². The number of sulfonamides is 1. The number of rotatable bonds is 4. The van der Waals surface area contributed by atoms with Crippen LogP contribution in [0.15, 0.2) is 50.5 Å². The SMILES string of the molecule is COC(=O)c1ccccc1NS(=O)(=O)c1cc2oc(=O)[nH]c2cc1C. The highest BCUT2D eigenvalue weighted by Crippen LogP contribution is 2.25. The molecule has 0 saturated heterocycles. The van der Waals surface area contributed by atoms with Crippen molar-refractivity contribution < 1.29 is 22.4 Å². The molecular formula is C16H14N2O6S. The lowest BCUT2D eigenvalue weighted by Gasteiger charge is -2.12. The van der Waals surface area contributed by atoms with Gasteiger partial charge in [-0.15, -0.1) is 0 Å². The van der Waals surface area contributed by atoms with E-state index < -0.39 is 21.7 Å². The van der Waals surface area contributed by atoms with Crippen LogP contribution in [0.2, 0.25) is 0 Å². The maximum absolute atomic E-state index is 12.7. The second kappa shape index (κ2) is 6.10. The first kappa shape index (κ1) is 16.8. The third kappa shape index (κ3) is 3.13. The number of carbonyl (C=O) groups is 1. The number of anilines is 1. The lowest BCUT2D eigenvalue weighted by Crippen LogP contribution is -2.17. The number of ether oxygens (including phenoxy) is 1. The van der Waals surface area contributed by atoms with Crippen molar-refractivity contribution >= 4 is 32.8 Å². The average molecular weight is 362 g/mol. The summed E-state index contributed by atoms with van der Waals surface area (Å²) < 4.78 is 37.4. The first-order valence-corrected chi connectivity index (χ1v) is 8.64. The van der Waals surface area contributed by atoms with Gasteiger partial charge < -0.3 is 9.15 Å². The zero-order chi connectivity index (χ0) is 18.2. The number of hydrogen-bond donors (Lipinski definition) is 2. The van der Waals surface area contributed by atoms with Gasteiger partial charge in [-0.05, 0) is 30.7 Å². The summed E-state index contributed by atoms with van der Waals surface area (Å²) in [6.07, 6.45) is 0. The van der Waals surface area contributed by atoms with E-state index in [1.54, 1.807) is 19.1 Å². The van der Waals surface area contributed by atoms with Gasteiger partial charge in [0.1, 0.15) is 0 Å². The molecule has 0 fully saturated rings. The molecule has 0 aliphatic heterocycles. The third-order valence-corrected chi connectivity index (χ3v) is 5.09. The van der Waals surface area contributed by atoms with E-state index in [1.165, 1.54) is 31.4 Å². The van der Waals surface area contributed by atoms with Crippen LogP contribution in [-0.4, -0.2) is 26.5 Å². The van der Waals surface area contributed by atoms with Crippen LogP contribution in [0.4, 0.5) is 5.69 Å². The smallest absolute Gasteiger partial charge is 0.417 e. The number of aryl methyl sites for hydroxylation is 1. The molecule has 2 aromatic carbocycles. The van der Waals surface area contributed by atoms with E-state index in [4.69, 9.17) is 4.42 Å². The van der Waals surface area contributed by atoms with Crippen molar-refractivity contribution in [2.45, 2.75) is 11.8 Å². The summed E-state index contributed by atoms with van der Waals surface area (Å²) in [6, 6.07) is 8.84. The van der Waals surface area contributed by atoms with Crippen LogP contribution in [0.1, 0.15) is 15.9 Å². The minimum Gasteiger partial charge on any atom is -0.465 e. The van der Waals surface area contributed by atoms with Gasteiger partial charge >= 0.3 is 11.7 Å². The van der Waals surface area contributed by atoms with Crippen molar-refractivity contribution in [1.29, 1.82) is 0 Å². The molecule has 1 heterocycles. The predicted molar refractivity (Wildman–Crippen MR) is 90.2 cm³/mol. The van der Waals surface area contributed by atoms with E-state index in [0.717, 1.165) is 0 Å². The predicted octanol–water partition coefficient (Wildman–Crippen LogP) is 2.02. The van der Waals surface area contributed by atoms with Crippen LogP contribution in [0.3, 0.4) is 0 Å². The minimum absolute atomic E-state index is 0.0672. The molecule has 25 heavy (non-hydrogen) atoms. The lowest BCUT2D eigenvalue weighted by atomic mass is 10.2. The minimum atomic E-state index is -4.02. The number of fused-ring (bicyclic) bond motifs is 1. The van der Waals surface area contributed by atoms with Gasteiger partial charge in [-0.3, -0.25) is 9.71 Å². The van der Waals surface area contributed by atoms with Crippen LogP contribution < -0.4 is 10.5 Å². The fourth-order valence-corrected chi connectivity index (χ4v) is 3.76. The molecule has 8 nitrogen and oxygen atoms in total. The van der Waals surface area contributed by atoms with Crippen LogP contribution in [0.25, 0.3) is 11.1 Å². The number of hydrogen-bond acceptors (Lipinski definition) is 6. The number of methoxy groups -OCH3 is 1. The molecule has 2 N–H and O–H groups in total. The van der Waals surface area contributed by atoms with Crippen LogP contribution >= 0.6 is 0 Å². The van der Waals surface area contributed by atoms with Crippen LogP contribution in [-0.2, 0) is 14.8 Å². The second-order valence-electron chi connectivity index (χ2n) is 5.27. The van der Waals surface area contributed by atoms with Crippen molar-refractivity contribution in [3.63, 3.8) is 0 Å². The fraction of sp³-hybridized carbons (Fsp3) is 0.125. The van der Waals surface area contributed by atoms with Gasteiger partial charge in [0.15, 0.2) is 5.58 Å². The van der Waals surface area contributed by atoms with Gasteiger partial charge in [-0.25, -0.2) is 18.0 Å². The summed E-state index contributed by atoms with van der Waals surface area (Å²) in [5.41, 5.74) is 1.10. The summed E-state index contributed by atoms with van der Waals surface area (Å²) in [7, 11) is -2.82. The maximum Gasteiger partial charge on any atom is 0.417 e. The Hall–Kier alpha value is -3.07. The molecule has 0 radical (unpaired) electrons. The topological polar surface area (TPSA) is 118 Å². The largest absolute Gasteiger partial charge is 0.465 e. The Balaban J connectivity index is 2.08. The molecule has 1 aromatic heterocycles. The lowest BCUT2D eigenvalue weighted by molar-refractivity contribution is 0.0602. The molecule has 130 valence electrons. The molecule has 0 amide bonds. The number of H-pyrrole nitrogens is 1. The molecule has 0 atom stereocenters. The van der Waals surface area contributed by atoms with E-state index in [9.17, 15) is 18.0 Å². The quantitative estimate of drug-likeness (QED) is 0.686. The number of nitrogens with one attached hydrogen (secondary N) is 2. The zero-order valence-corrected chi connectivity index (χ0v) is 14.1. The highest BCUT2D eigenvalue weighted by atomic mass is 32.2. The van der Waals surface area contributed by atoms with E-state index in [-0.39, 0.29) is 21.7 Å². The summed E-state index contributed by atoms with van der Waals surface area (Å²) in [4.78, 5) is 25.4. The van der Waals surface area contributed by atoms with Gasteiger partial charge in [0.2, 0.25) is 0 Å². The van der Waals surface area contributed by atoms with Crippen molar-refractivity contribution in [2.24, 2.45) is 0 Å². The zero-order valence-electron chi connectivity index (χ0n) is 13.3. The Morgan fingerprint density at radius 3 is 2.68 bits per heavy atom. The highest BCUT2D eigenvalue weighted by Gasteiger charge is 2.22. The number of benzene rings is 2. The Morgan fingerprint density at radius 2 is 1.96 bits per heavy atom. The molecular weight excluding hydrogens is 348 g/mol. The number of para-hydroxylation sites is 1. The van der Waals surface area contributed by atoms with Crippen molar-refractivity contribution in [3.05, 3.63) is 58.1 Å². The monoisotopic (exact) mass is 362 g/mol. The first-order chi connectivity index (χ1) is 11.8. The van der Waals surface area contributed by atoms with Crippen molar-refractivity contribution in [1.82, 2.24) is 4.98 Å². The Morgan fingerprint density at radius 1 is 1.24 bits per heavy atom. The molecule has 0 spiro atoms. The van der Waals surface area contributed by atoms with Crippen LogP contribution in [0.5, 0.6) is 0 Å². The molecule has 9 heteroatoms. The standard InChI is InChI=1S/C16H14N2O6S/c1-9-7-12-13(24-16(20)17-12)8-14(9)25(21,22)18-11-6-4-3-5-10(11)15(19)23-2/h3-8,18H,1-2H3,(H,17,20).